The van der Waals surface area contributed by atoms with Crippen molar-refractivity contribution in [2.75, 3.05) is 12.4 Å². The highest BCUT2D eigenvalue weighted by Crippen LogP contribution is 2.30. The molecule has 0 aromatic heterocycles. The van der Waals surface area contributed by atoms with Gasteiger partial charge in [0.1, 0.15) is 5.60 Å². The third-order valence-electron chi connectivity index (χ3n) is 5.53. The molecule has 7 heteroatoms. The Bertz CT molecular complexity index is 815. The second-order valence-electron chi connectivity index (χ2n) is 8.99. The predicted octanol–water partition coefficient (Wildman–Crippen LogP) is 4.54. The number of carbonyl (C=O) groups is 2. The van der Waals surface area contributed by atoms with E-state index in [4.69, 9.17) is 9.47 Å². The standard InChI is InChI=1S/C23H33N3O4/c1-14-19(21(27)29-6)11-16(13-24)12-20(14)25-15(2)17-7-9-18(10-8-17)26-22(28)30-23(3,4)5/h11-12,15,17-18,25H,7-10H2,1-6H3,(H,26,28)/t15?,17-,18-. The van der Waals surface area contributed by atoms with Gasteiger partial charge in [-0.15, -0.1) is 0 Å². The minimum absolute atomic E-state index is 0.123. The lowest BCUT2D eigenvalue weighted by Gasteiger charge is -2.34. The van der Waals surface area contributed by atoms with E-state index >= 15 is 0 Å². The Kier molecular flexibility index (Phi) is 7.71. The van der Waals surface area contributed by atoms with Crippen LogP contribution in [0.1, 0.15) is 74.9 Å². The Morgan fingerprint density at radius 3 is 2.37 bits per heavy atom. The van der Waals surface area contributed by atoms with Crippen LogP contribution in [-0.2, 0) is 9.47 Å². The van der Waals surface area contributed by atoms with Crippen molar-refractivity contribution in [1.29, 1.82) is 5.26 Å². The summed E-state index contributed by atoms with van der Waals surface area (Å²) in [5, 5.41) is 15.8. The Morgan fingerprint density at radius 1 is 1.20 bits per heavy atom. The van der Waals surface area contributed by atoms with E-state index in [0.29, 0.717) is 17.0 Å². The van der Waals surface area contributed by atoms with E-state index in [-0.39, 0.29) is 18.2 Å². The van der Waals surface area contributed by atoms with Gasteiger partial charge in [-0.3, -0.25) is 0 Å². The van der Waals surface area contributed by atoms with Crippen molar-refractivity contribution in [1.82, 2.24) is 5.32 Å². The summed E-state index contributed by atoms with van der Waals surface area (Å²) in [6.45, 7) is 9.52. The van der Waals surface area contributed by atoms with Crippen LogP contribution in [0.15, 0.2) is 12.1 Å². The van der Waals surface area contributed by atoms with Gasteiger partial charge in [-0.1, -0.05) is 0 Å². The number of carbonyl (C=O) groups excluding carboxylic acids is 2. The van der Waals surface area contributed by atoms with Crippen molar-refractivity contribution in [3.8, 4) is 6.07 Å². The molecule has 1 aliphatic rings. The molecule has 0 radical (unpaired) electrons. The van der Waals surface area contributed by atoms with Crippen LogP contribution in [0.25, 0.3) is 0 Å². The molecule has 1 atom stereocenters. The molecule has 7 nitrogen and oxygen atoms in total. The van der Waals surface area contributed by atoms with Gasteiger partial charge in [-0.05, 0) is 83.9 Å². The highest BCUT2D eigenvalue weighted by molar-refractivity contribution is 5.93. The number of ether oxygens (including phenoxy) is 2. The van der Waals surface area contributed by atoms with Crippen molar-refractivity contribution in [3.05, 3.63) is 28.8 Å². The van der Waals surface area contributed by atoms with Crippen LogP contribution in [0.5, 0.6) is 0 Å². The first-order valence-corrected chi connectivity index (χ1v) is 10.4. The van der Waals surface area contributed by atoms with E-state index in [0.717, 1.165) is 36.9 Å². The summed E-state index contributed by atoms with van der Waals surface area (Å²) in [6, 6.07) is 5.72. The lowest BCUT2D eigenvalue weighted by Crippen LogP contribution is -2.42. The second-order valence-corrected chi connectivity index (χ2v) is 8.99. The van der Waals surface area contributed by atoms with Gasteiger partial charge in [0.05, 0.1) is 24.3 Å². The topological polar surface area (TPSA) is 100 Å². The van der Waals surface area contributed by atoms with Gasteiger partial charge in [0.15, 0.2) is 0 Å². The average Bonchev–Trinajstić information content (AvgIpc) is 2.67. The first-order chi connectivity index (χ1) is 14.0. The molecule has 0 bridgehead atoms. The van der Waals surface area contributed by atoms with E-state index in [1.807, 2.05) is 27.7 Å². The average molecular weight is 416 g/mol. The molecule has 1 aromatic rings. The van der Waals surface area contributed by atoms with Crippen molar-refractivity contribution < 1.29 is 19.1 Å². The molecule has 30 heavy (non-hydrogen) atoms. The van der Waals surface area contributed by atoms with Crippen LogP contribution in [0.4, 0.5) is 10.5 Å². The Balaban J connectivity index is 1.98. The highest BCUT2D eigenvalue weighted by atomic mass is 16.6. The maximum atomic E-state index is 12.0. The zero-order chi connectivity index (χ0) is 22.5. The number of anilines is 1. The van der Waals surface area contributed by atoms with Crippen LogP contribution in [0.3, 0.4) is 0 Å². The molecule has 2 N–H and O–H groups in total. The fourth-order valence-electron chi connectivity index (χ4n) is 3.85. The van der Waals surface area contributed by atoms with E-state index < -0.39 is 11.6 Å². The molecule has 0 heterocycles. The Hall–Kier alpha value is -2.75. The van der Waals surface area contributed by atoms with Crippen molar-refractivity contribution in [2.24, 2.45) is 5.92 Å². The van der Waals surface area contributed by atoms with Crippen molar-refractivity contribution in [3.63, 3.8) is 0 Å². The van der Waals surface area contributed by atoms with Gasteiger partial charge in [0.25, 0.3) is 0 Å². The normalized spacial score (nSPS) is 19.9. The molecule has 1 saturated carbocycles. The molecule has 0 saturated heterocycles. The Morgan fingerprint density at radius 2 is 1.83 bits per heavy atom. The summed E-state index contributed by atoms with van der Waals surface area (Å²) >= 11 is 0. The summed E-state index contributed by atoms with van der Waals surface area (Å²) < 4.78 is 10.2. The number of nitrogens with one attached hydrogen (secondary N) is 2. The monoisotopic (exact) mass is 415 g/mol. The van der Waals surface area contributed by atoms with E-state index in [2.05, 4.69) is 23.6 Å². The van der Waals surface area contributed by atoms with Crippen LogP contribution in [0, 0.1) is 24.2 Å². The molecule has 1 unspecified atom stereocenters. The first-order valence-electron chi connectivity index (χ1n) is 10.4. The number of nitriles is 1. The number of esters is 1. The summed E-state index contributed by atoms with van der Waals surface area (Å²) in [7, 11) is 1.33. The maximum absolute atomic E-state index is 12.0. The van der Waals surface area contributed by atoms with Crippen LogP contribution >= 0.6 is 0 Å². The molecule has 1 aromatic carbocycles. The van der Waals surface area contributed by atoms with Crippen LogP contribution < -0.4 is 10.6 Å². The van der Waals surface area contributed by atoms with Gasteiger partial charge in [-0.2, -0.15) is 5.26 Å². The molecule has 0 aliphatic heterocycles. The van der Waals surface area contributed by atoms with Crippen LogP contribution in [-0.4, -0.2) is 36.9 Å². The van der Waals surface area contributed by atoms with Gasteiger partial charge >= 0.3 is 12.1 Å². The second kappa shape index (κ2) is 9.84. The number of amides is 1. The number of alkyl carbamates (subject to hydrolysis) is 1. The molecule has 164 valence electrons. The zero-order valence-corrected chi connectivity index (χ0v) is 18.8. The van der Waals surface area contributed by atoms with E-state index in [9.17, 15) is 14.9 Å². The third-order valence-corrected chi connectivity index (χ3v) is 5.53. The molecule has 0 spiro atoms. The van der Waals surface area contributed by atoms with E-state index in [1.54, 1.807) is 12.1 Å². The third kappa shape index (κ3) is 6.38. The first kappa shape index (κ1) is 23.5. The highest BCUT2D eigenvalue weighted by Gasteiger charge is 2.28. The maximum Gasteiger partial charge on any atom is 0.407 e. The number of hydrogen-bond donors (Lipinski definition) is 2. The number of methoxy groups -OCH3 is 1. The van der Waals surface area contributed by atoms with E-state index in [1.165, 1.54) is 7.11 Å². The number of nitrogens with zero attached hydrogens (tertiary/aromatic N) is 1. The van der Waals surface area contributed by atoms with Crippen molar-refractivity contribution in [2.45, 2.75) is 78.0 Å². The number of hydrogen-bond acceptors (Lipinski definition) is 6. The van der Waals surface area contributed by atoms with Gasteiger partial charge in [0, 0.05) is 17.8 Å². The fourth-order valence-corrected chi connectivity index (χ4v) is 3.85. The molecular weight excluding hydrogens is 382 g/mol. The predicted molar refractivity (Wildman–Crippen MR) is 115 cm³/mol. The van der Waals surface area contributed by atoms with Gasteiger partial charge < -0.3 is 20.1 Å². The Labute approximate surface area is 179 Å². The van der Waals surface area contributed by atoms with Crippen LogP contribution in [0.2, 0.25) is 0 Å². The molecule has 1 fully saturated rings. The van der Waals surface area contributed by atoms with Gasteiger partial charge in [0.2, 0.25) is 0 Å². The minimum atomic E-state index is -0.501. The SMILES string of the molecule is COC(=O)c1cc(C#N)cc(NC(C)[C@H]2CC[C@H](NC(=O)OC(C)(C)C)CC2)c1C. The number of benzene rings is 1. The summed E-state index contributed by atoms with van der Waals surface area (Å²) in [5.74, 6) is -0.0255. The summed E-state index contributed by atoms with van der Waals surface area (Å²) in [6.07, 6.45) is 3.35. The van der Waals surface area contributed by atoms with Gasteiger partial charge in [-0.25, -0.2) is 9.59 Å². The smallest absolute Gasteiger partial charge is 0.407 e. The largest absolute Gasteiger partial charge is 0.465 e. The lowest BCUT2D eigenvalue weighted by atomic mass is 9.82. The minimum Gasteiger partial charge on any atom is -0.465 e. The lowest BCUT2D eigenvalue weighted by molar-refractivity contribution is 0.0485. The molecule has 2 rings (SSSR count). The van der Waals surface area contributed by atoms with Crippen molar-refractivity contribution >= 4 is 17.7 Å². The number of rotatable bonds is 5. The fraction of sp³-hybridized carbons (Fsp3) is 0.609. The molecule has 1 amide bonds. The summed E-state index contributed by atoms with van der Waals surface area (Å²) in [5.41, 5.74) is 1.86. The quantitative estimate of drug-likeness (QED) is 0.685. The zero-order valence-electron chi connectivity index (χ0n) is 18.8. The summed E-state index contributed by atoms with van der Waals surface area (Å²) in [4.78, 5) is 24.0. The molecule has 1 aliphatic carbocycles. The molecular formula is C23H33N3O4.